The summed E-state index contributed by atoms with van der Waals surface area (Å²) >= 11 is 12.2. The van der Waals surface area contributed by atoms with E-state index in [2.05, 4.69) is 5.32 Å². The third-order valence-corrected chi connectivity index (χ3v) is 9.06. The van der Waals surface area contributed by atoms with E-state index in [0.29, 0.717) is 18.8 Å². The van der Waals surface area contributed by atoms with Crippen LogP contribution in [0, 0.1) is 11.8 Å². The Kier molecular flexibility index (Phi) is 7.00. The van der Waals surface area contributed by atoms with Crippen LogP contribution in [0.3, 0.4) is 0 Å². The zero-order valence-electron chi connectivity index (χ0n) is 17.8. The van der Waals surface area contributed by atoms with Crippen LogP contribution in [0.25, 0.3) is 0 Å². The lowest BCUT2D eigenvalue weighted by Gasteiger charge is -2.32. The van der Waals surface area contributed by atoms with E-state index in [-0.39, 0.29) is 45.9 Å². The Morgan fingerprint density at radius 1 is 1.03 bits per heavy atom. The molecule has 1 amide bonds. The Bertz CT molecular complexity index is 1060. The van der Waals surface area contributed by atoms with Gasteiger partial charge in [-0.15, -0.1) is 0 Å². The number of nitrogens with one attached hydrogen (secondary N) is 1. The maximum absolute atomic E-state index is 13.1. The van der Waals surface area contributed by atoms with Crippen molar-refractivity contribution in [2.45, 2.75) is 36.6 Å². The second kappa shape index (κ2) is 9.59. The molecule has 0 aromatic heterocycles. The van der Waals surface area contributed by atoms with Gasteiger partial charge in [-0.2, -0.15) is 4.31 Å². The average molecular weight is 497 g/mol. The predicted molar refractivity (Wildman–Crippen MR) is 125 cm³/mol. The topological polar surface area (TPSA) is 75.7 Å². The van der Waals surface area contributed by atoms with Crippen LogP contribution in [-0.2, 0) is 14.8 Å². The number of carbonyl (C=O) groups is 1. The lowest BCUT2D eigenvalue weighted by atomic mass is 9.95. The number of rotatable bonds is 7. The Labute approximate surface area is 198 Å². The Morgan fingerprint density at radius 2 is 1.62 bits per heavy atom. The van der Waals surface area contributed by atoms with Gasteiger partial charge in [0.05, 0.1) is 23.2 Å². The zero-order chi connectivity index (χ0) is 22.9. The number of ether oxygens (including phenoxy) is 1. The van der Waals surface area contributed by atoms with Gasteiger partial charge in [0.25, 0.3) is 0 Å². The molecule has 0 spiro atoms. The summed E-state index contributed by atoms with van der Waals surface area (Å²) in [5.74, 6) is 0.963. The van der Waals surface area contributed by atoms with Crippen molar-refractivity contribution in [2.24, 2.45) is 11.8 Å². The molecule has 0 bridgehead atoms. The van der Waals surface area contributed by atoms with E-state index in [1.807, 2.05) is 24.3 Å². The molecule has 1 atom stereocenters. The first-order valence-electron chi connectivity index (χ1n) is 10.7. The van der Waals surface area contributed by atoms with Gasteiger partial charge in [-0.3, -0.25) is 4.79 Å². The van der Waals surface area contributed by atoms with Crippen LogP contribution in [0.15, 0.2) is 47.4 Å². The number of carbonyl (C=O) groups excluding carboxylic acids is 1. The van der Waals surface area contributed by atoms with E-state index in [9.17, 15) is 13.2 Å². The number of sulfonamides is 1. The zero-order valence-corrected chi connectivity index (χ0v) is 20.1. The minimum atomic E-state index is -3.82. The summed E-state index contributed by atoms with van der Waals surface area (Å²) in [6.07, 6.45) is 3.08. The number of nitrogens with zero attached hydrogens (tertiary/aromatic N) is 1. The van der Waals surface area contributed by atoms with E-state index in [0.717, 1.165) is 24.2 Å². The second-order valence-corrected chi connectivity index (χ2v) is 11.0. The smallest absolute Gasteiger partial charge is 0.246 e. The first kappa shape index (κ1) is 23.4. The van der Waals surface area contributed by atoms with E-state index in [4.69, 9.17) is 27.9 Å². The van der Waals surface area contributed by atoms with Gasteiger partial charge in [-0.05, 0) is 61.4 Å². The lowest BCUT2D eigenvalue weighted by Crippen LogP contribution is -2.44. The molecule has 2 fully saturated rings. The van der Waals surface area contributed by atoms with Gasteiger partial charge in [-0.1, -0.05) is 41.4 Å². The fourth-order valence-electron chi connectivity index (χ4n) is 4.20. The van der Waals surface area contributed by atoms with Crippen LogP contribution in [0.2, 0.25) is 10.0 Å². The summed E-state index contributed by atoms with van der Waals surface area (Å²) < 4.78 is 32.7. The molecule has 2 aromatic carbocycles. The van der Waals surface area contributed by atoms with E-state index in [1.54, 1.807) is 13.2 Å². The first-order chi connectivity index (χ1) is 15.3. The van der Waals surface area contributed by atoms with Gasteiger partial charge >= 0.3 is 0 Å². The van der Waals surface area contributed by atoms with E-state index >= 15 is 0 Å². The molecule has 1 saturated heterocycles. The number of benzene rings is 2. The fourth-order valence-corrected chi connectivity index (χ4v) is 6.76. The second-order valence-electron chi connectivity index (χ2n) is 8.33. The Balaban J connectivity index is 1.40. The molecule has 1 unspecified atom stereocenters. The maximum Gasteiger partial charge on any atom is 0.246 e. The van der Waals surface area contributed by atoms with Crippen LogP contribution >= 0.6 is 23.2 Å². The molecule has 1 aliphatic heterocycles. The largest absolute Gasteiger partial charge is 0.497 e. The average Bonchev–Trinajstić information content (AvgIpc) is 3.62. The minimum Gasteiger partial charge on any atom is -0.497 e. The number of hydrogen-bond donors (Lipinski definition) is 1. The van der Waals surface area contributed by atoms with Gasteiger partial charge in [0.15, 0.2) is 0 Å². The van der Waals surface area contributed by atoms with Gasteiger partial charge in [-0.25, -0.2) is 8.42 Å². The number of hydrogen-bond acceptors (Lipinski definition) is 4. The molecule has 1 heterocycles. The van der Waals surface area contributed by atoms with Crippen molar-refractivity contribution in [1.82, 2.24) is 9.62 Å². The van der Waals surface area contributed by atoms with Crippen molar-refractivity contribution < 1.29 is 17.9 Å². The highest BCUT2D eigenvalue weighted by atomic mass is 35.5. The van der Waals surface area contributed by atoms with Crippen molar-refractivity contribution in [3.05, 3.63) is 58.1 Å². The van der Waals surface area contributed by atoms with Crippen molar-refractivity contribution in [3.63, 3.8) is 0 Å². The van der Waals surface area contributed by atoms with Crippen LogP contribution in [0.4, 0.5) is 0 Å². The highest BCUT2D eigenvalue weighted by Crippen LogP contribution is 2.42. The Hall–Kier alpha value is -1.80. The quantitative estimate of drug-likeness (QED) is 0.604. The lowest BCUT2D eigenvalue weighted by molar-refractivity contribution is -0.127. The summed E-state index contributed by atoms with van der Waals surface area (Å²) in [5.41, 5.74) is 1.06. The van der Waals surface area contributed by atoms with Gasteiger partial charge in [0.2, 0.25) is 15.9 Å². The highest BCUT2D eigenvalue weighted by molar-refractivity contribution is 7.89. The molecule has 32 heavy (non-hydrogen) atoms. The molecule has 4 rings (SSSR count). The molecule has 0 radical (unpaired) electrons. The molecule has 6 nitrogen and oxygen atoms in total. The summed E-state index contributed by atoms with van der Waals surface area (Å²) in [6.45, 7) is 0.497. The third kappa shape index (κ3) is 4.91. The van der Waals surface area contributed by atoms with Gasteiger partial charge in [0, 0.05) is 19.0 Å². The molecule has 172 valence electrons. The van der Waals surface area contributed by atoms with Crippen molar-refractivity contribution in [3.8, 4) is 5.75 Å². The molecule has 1 aliphatic carbocycles. The number of amides is 1. The standard InChI is InChI=1S/C23H26Cl2N2O4S/c1-31-18-9-7-16(8-10-18)21(15-5-6-15)26-23(28)17-11-13-27(14-12-17)32(29,30)22-19(24)3-2-4-20(22)25/h2-4,7-10,15,17,21H,5-6,11-14H2,1H3,(H,26,28). The minimum absolute atomic E-state index is 0.0226. The molecule has 2 aliphatic rings. The van der Waals surface area contributed by atoms with Gasteiger partial charge in [0.1, 0.15) is 10.6 Å². The Morgan fingerprint density at radius 3 is 2.16 bits per heavy atom. The summed E-state index contributed by atoms with van der Waals surface area (Å²) in [6, 6.07) is 12.4. The van der Waals surface area contributed by atoms with Crippen LogP contribution in [0.5, 0.6) is 5.75 Å². The van der Waals surface area contributed by atoms with Crippen molar-refractivity contribution in [1.29, 1.82) is 0 Å². The van der Waals surface area contributed by atoms with Crippen LogP contribution < -0.4 is 10.1 Å². The van der Waals surface area contributed by atoms with Crippen molar-refractivity contribution in [2.75, 3.05) is 20.2 Å². The monoisotopic (exact) mass is 496 g/mol. The summed E-state index contributed by atoms with van der Waals surface area (Å²) in [7, 11) is -2.20. The maximum atomic E-state index is 13.1. The van der Waals surface area contributed by atoms with E-state index in [1.165, 1.54) is 16.4 Å². The predicted octanol–water partition coefficient (Wildman–Crippen LogP) is 4.67. The molecule has 1 N–H and O–H groups in total. The number of piperidine rings is 1. The van der Waals surface area contributed by atoms with Crippen LogP contribution in [-0.4, -0.2) is 38.8 Å². The fraction of sp³-hybridized carbons (Fsp3) is 0.435. The van der Waals surface area contributed by atoms with Crippen LogP contribution in [0.1, 0.15) is 37.3 Å². The molecule has 2 aromatic rings. The number of halogens is 2. The highest BCUT2D eigenvalue weighted by Gasteiger charge is 2.37. The molecule has 9 heteroatoms. The first-order valence-corrected chi connectivity index (χ1v) is 12.9. The van der Waals surface area contributed by atoms with Crippen molar-refractivity contribution >= 4 is 39.1 Å². The molecule has 1 saturated carbocycles. The van der Waals surface area contributed by atoms with E-state index < -0.39 is 10.0 Å². The summed E-state index contributed by atoms with van der Waals surface area (Å²) in [5, 5.41) is 3.42. The summed E-state index contributed by atoms with van der Waals surface area (Å²) in [4.78, 5) is 13.0. The number of methoxy groups -OCH3 is 1. The SMILES string of the molecule is COc1ccc(C(NC(=O)C2CCN(S(=O)(=O)c3c(Cl)cccc3Cl)CC2)C2CC2)cc1. The van der Waals surface area contributed by atoms with Gasteiger partial charge < -0.3 is 10.1 Å². The normalized spacial score (nSPS) is 18.8. The molecular formula is C23H26Cl2N2O4S. The third-order valence-electron chi connectivity index (χ3n) is 6.21. The molecular weight excluding hydrogens is 471 g/mol.